The molecule has 1 amide bonds. The van der Waals surface area contributed by atoms with Gasteiger partial charge in [-0.15, -0.1) is 11.3 Å². The quantitative estimate of drug-likeness (QED) is 0.568. The van der Waals surface area contributed by atoms with Crippen molar-refractivity contribution in [2.24, 2.45) is 0 Å². The molecule has 0 aliphatic heterocycles. The Hall–Kier alpha value is -3.13. The summed E-state index contributed by atoms with van der Waals surface area (Å²) < 4.78 is 28.6. The third kappa shape index (κ3) is 3.43. The molecule has 0 saturated heterocycles. The van der Waals surface area contributed by atoms with Crippen LogP contribution in [0.4, 0.5) is 14.5 Å². The first kappa shape index (κ1) is 17.3. The fourth-order valence-corrected chi connectivity index (χ4v) is 3.49. The fourth-order valence-electron chi connectivity index (χ4n) is 2.81. The summed E-state index contributed by atoms with van der Waals surface area (Å²) in [5.74, 6) is -2.05. The van der Waals surface area contributed by atoms with Crippen LogP contribution in [0, 0.1) is 18.6 Å². The van der Waals surface area contributed by atoms with Crippen molar-refractivity contribution in [3.05, 3.63) is 75.7 Å². The lowest BCUT2D eigenvalue weighted by atomic mass is 10.1. The Morgan fingerprint density at radius 2 is 2.11 bits per heavy atom. The molecule has 5 nitrogen and oxygen atoms in total. The number of pyridine rings is 1. The van der Waals surface area contributed by atoms with Crippen molar-refractivity contribution >= 4 is 34.0 Å². The molecule has 0 unspecified atom stereocenters. The number of rotatable bonds is 4. The van der Waals surface area contributed by atoms with E-state index in [0.29, 0.717) is 28.8 Å². The number of aryl methyl sites for hydroxylation is 1. The molecule has 3 aromatic heterocycles. The molecule has 3 heterocycles. The summed E-state index contributed by atoms with van der Waals surface area (Å²) in [6, 6.07) is 8.58. The lowest BCUT2D eigenvalue weighted by molar-refractivity contribution is 0.102. The molecule has 4 aromatic rings. The average molecular weight is 384 g/mol. The zero-order valence-electron chi connectivity index (χ0n) is 14.2. The number of anilines is 1. The maximum Gasteiger partial charge on any atom is 0.256 e. The Bertz CT molecular complexity index is 1140. The number of hydrogen-bond donors (Lipinski definition) is 1. The fraction of sp³-hybridized carbons (Fsp3) is 0.105. The standard InChI is InChI=1S/C19H14F2N4OS/c1-11-7-14(19(26)24-17-5-4-12(20)8-16(17)21)15-9-22-25(18(15)23-11)10-13-3-2-6-27-13/h2-9H,10H2,1H3,(H,24,26). The van der Waals surface area contributed by atoms with Crippen LogP contribution in [0.1, 0.15) is 20.9 Å². The Kier molecular flexibility index (Phi) is 4.41. The molecular formula is C19H14F2N4OS. The Balaban J connectivity index is 1.70. The number of halogens is 2. The Morgan fingerprint density at radius 3 is 2.85 bits per heavy atom. The van der Waals surface area contributed by atoms with Crippen molar-refractivity contribution < 1.29 is 13.6 Å². The van der Waals surface area contributed by atoms with E-state index < -0.39 is 17.5 Å². The molecule has 0 bridgehead atoms. The summed E-state index contributed by atoms with van der Waals surface area (Å²) in [7, 11) is 0. The smallest absolute Gasteiger partial charge is 0.256 e. The molecule has 4 rings (SSSR count). The van der Waals surface area contributed by atoms with Crippen molar-refractivity contribution in [2.75, 3.05) is 5.32 Å². The minimum Gasteiger partial charge on any atom is -0.319 e. The molecule has 0 radical (unpaired) electrons. The highest BCUT2D eigenvalue weighted by molar-refractivity contribution is 7.09. The van der Waals surface area contributed by atoms with Crippen molar-refractivity contribution in [3.8, 4) is 0 Å². The molecule has 27 heavy (non-hydrogen) atoms. The number of nitrogens with zero attached hydrogens (tertiary/aromatic N) is 3. The number of amides is 1. The zero-order chi connectivity index (χ0) is 19.0. The van der Waals surface area contributed by atoms with Crippen molar-refractivity contribution in [2.45, 2.75) is 13.5 Å². The first-order valence-electron chi connectivity index (χ1n) is 8.13. The monoisotopic (exact) mass is 384 g/mol. The minimum atomic E-state index is -0.834. The molecule has 0 fully saturated rings. The number of hydrogen-bond acceptors (Lipinski definition) is 4. The summed E-state index contributed by atoms with van der Waals surface area (Å²) in [6.45, 7) is 2.32. The van der Waals surface area contributed by atoms with Crippen LogP contribution in [0.25, 0.3) is 11.0 Å². The zero-order valence-corrected chi connectivity index (χ0v) is 15.1. The third-order valence-corrected chi connectivity index (χ3v) is 4.91. The second kappa shape index (κ2) is 6.88. The van der Waals surface area contributed by atoms with E-state index in [2.05, 4.69) is 15.4 Å². The van der Waals surface area contributed by atoms with Crippen LogP contribution in [0.15, 0.2) is 48.0 Å². The lowest BCUT2D eigenvalue weighted by Crippen LogP contribution is -2.14. The van der Waals surface area contributed by atoms with Gasteiger partial charge in [0.25, 0.3) is 5.91 Å². The van der Waals surface area contributed by atoms with Gasteiger partial charge in [0.15, 0.2) is 5.65 Å². The van der Waals surface area contributed by atoms with Gasteiger partial charge in [-0.25, -0.2) is 18.4 Å². The van der Waals surface area contributed by atoms with Gasteiger partial charge in [0, 0.05) is 16.6 Å². The van der Waals surface area contributed by atoms with E-state index in [-0.39, 0.29) is 5.69 Å². The molecule has 0 aliphatic carbocycles. The molecule has 8 heteroatoms. The number of carbonyl (C=O) groups excluding carboxylic acids is 1. The van der Waals surface area contributed by atoms with Crippen LogP contribution in [0.5, 0.6) is 0 Å². The normalized spacial score (nSPS) is 11.1. The van der Waals surface area contributed by atoms with Gasteiger partial charge in [-0.1, -0.05) is 6.07 Å². The largest absolute Gasteiger partial charge is 0.319 e. The highest BCUT2D eigenvalue weighted by Crippen LogP contribution is 2.22. The molecule has 1 aromatic carbocycles. The molecular weight excluding hydrogens is 370 g/mol. The summed E-state index contributed by atoms with van der Waals surface area (Å²) >= 11 is 1.61. The topological polar surface area (TPSA) is 59.8 Å². The van der Waals surface area contributed by atoms with Gasteiger partial charge in [-0.2, -0.15) is 5.10 Å². The van der Waals surface area contributed by atoms with Crippen molar-refractivity contribution in [3.63, 3.8) is 0 Å². The highest BCUT2D eigenvalue weighted by Gasteiger charge is 2.17. The van der Waals surface area contributed by atoms with Gasteiger partial charge >= 0.3 is 0 Å². The minimum absolute atomic E-state index is 0.0880. The molecule has 0 atom stereocenters. The van der Waals surface area contributed by atoms with E-state index in [9.17, 15) is 13.6 Å². The number of aromatic nitrogens is 3. The predicted octanol–water partition coefficient (Wildman–Crippen LogP) is 4.38. The van der Waals surface area contributed by atoms with Crippen LogP contribution in [0.2, 0.25) is 0 Å². The second-order valence-corrected chi connectivity index (χ2v) is 7.04. The lowest BCUT2D eigenvalue weighted by Gasteiger charge is -2.09. The van der Waals surface area contributed by atoms with Crippen LogP contribution < -0.4 is 5.32 Å². The molecule has 0 spiro atoms. The summed E-state index contributed by atoms with van der Waals surface area (Å²) in [6.07, 6.45) is 1.57. The molecule has 136 valence electrons. The third-order valence-electron chi connectivity index (χ3n) is 4.05. The van der Waals surface area contributed by atoms with E-state index in [1.807, 2.05) is 17.5 Å². The van der Waals surface area contributed by atoms with Crippen LogP contribution in [-0.4, -0.2) is 20.7 Å². The van der Waals surface area contributed by atoms with E-state index in [0.717, 1.165) is 17.0 Å². The highest BCUT2D eigenvalue weighted by atomic mass is 32.1. The van der Waals surface area contributed by atoms with Gasteiger partial charge in [0.1, 0.15) is 11.6 Å². The van der Waals surface area contributed by atoms with Gasteiger partial charge in [0.05, 0.1) is 29.4 Å². The van der Waals surface area contributed by atoms with Crippen LogP contribution in [0.3, 0.4) is 0 Å². The maximum absolute atomic E-state index is 13.9. The van der Waals surface area contributed by atoms with E-state index in [1.165, 1.54) is 6.07 Å². The molecule has 1 N–H and O–H groups in total. The number of carbonyl (C=O) groups is 1. The van der Waals surface area contributed by atoms with Crippen LogP contribution >= 0.6 is 11.3 Å². The van der Waals surface area contributed by atoms with Gasteiger partial charge in [0.2, 0.25) is 0 Å². The van der Waals surface area contributed by atoms with Crippen molar-refractivity contribution in [1.29, 1.82) is 0 Å². The van der Waals surface area contributed by atoms with Crippen LogP contribution in [-0.2, 0) is 6.54 Å². The molecule has 0 saturated carbocycles. The number of fused-ring (bicyclic) bond motifs is 1. The summed E-state index contributed by atoms with van der Waals surface area (Å²) in [5, 5.41) is 9.38. The Labute approximate surface area is 157 Å². The van der Waals surface area contributed by atoms with Gasteiger partial charge in [-0.3, -0.25) is 4.79 Å². The molecule has 0 aliphatic rings. The van der Waals surface area contributed by atoms with Crippen molar-refractivity contribution in [1.82, 2.24) is 14.8 Å². The first-order chi connectivity index (χ1) is 13.0. The predicted molar refractivity (Wildman–Crippen MR) is 100.0 cm³/mol. The van der Waals surface area contributed by atoms with Gasteiger partial charge < -0.3 is 5.32 Å². The second-order valence-electron chi connectivity index (χ2n) is 6.01. The van der Waals surface area contributed by atoms with E-state index in [4.69, 9.17) is 0 Å². The first-order valence-corrected chi connectivity index (χ1v) is 9.01. The summed E-state index contributed by atoms with van der Waals surface area (Å²) in [5.41, 5.74) is 1.46. The number of nitrogens with one attached hydrogen (secondary N) is 1. The van der Waals surface area contributed by atoms with E-state index in [1.54, 1.807) is 35.2 Å². The number of thiophene rings is 1. The maximum atomic E-state index is 13.9. The van der Waals surface area contributed by atoms with Gasteiger partial charge in [-0.05, 0) is 36.6 Å². The summed E-state index contributed by atoms with van der Waals surface area (Å²) in [4.78, 5) is 18.3. The Morgan fingerprint density at radius 1 is 1.26 bits per heavy atom. The SMILES string of the molecule is Cc1cc(C(=O)Nc2ccc(F)cc2F)c2cnn(Cc3cccs3)c2n1. The average Bonchev–Trinajstić information content (AvgIpc) is 3.27. The number of benzene rings is 1. The van der Waals surface area contributed by atoms with E-state index >= 15 is 0 Å².